The first-order chi connectivity index (χ1) is 13.7. The van der Waals surface area contributed by atoms with E-state index in [-0.39, 0.29) is 17.5 Å². The molecule has 0 atom stereocenters. The zero-order chi connectivity index (χ0) is 21.4. The van der Waals surface area contributed by atoms with Crippen LogP contribution in [0.3, 0.4) is 0 Å². The number of carbonyl (C=O) groups is 3. The molecule has 1 fully saturated rings. The second kappa shape index (κ2) is 10.3. The highest BCUT2D eigenvalue weighted by molar-refractivity contribution is 5.96. The van der Waals surface area contributed by atoms with E-state index in [2.05, 4.69) is 5.32 Å². The minimum Gasteiger partial charge on any atom is -0.454 e. The Morgan fingerprint density at radius 3 is 2.28 bits per heavy atom. The van der Waals surface area contributed by atoms with Gasteiger partial charge in [-0.25, -0.2) is 0 Å². The third-order valence-corrected chi connectivity index (χ3v) is 4.90. The van der Waals surface area contributed by atoms with Crippen molar-refractivity contribution in [1.29, 1.82) is 0 Å². The van der Waals surface area contributed by atoms with Crippen molar-refractivity contribution in [1.82, 2.24) is 10.2 Å². The molecule has 2 amide bonds. The van der Waals surface area contributed by atoms with Crippen molar-refractivity contribution in [2.75, 3.05) is 19.7 Å². The number of nitrogens with one attached hydrogen (secondary N) is 1. The van der Waals surface area contributed by atoms with Gasteiger partial charge >= 0.3 is 12.1 Å². The average molecular weight is 414 g/mol. The molecule has 29 heavy (non-hydrogen) atoms. The summed E-state index contributed by atoms with van der Waals surface area (Å²) in [7, 11) is 0. The zero-order valence-corrected chi connectivity index (χ0v) is 16.3. The summed E-state index contributed by atoms with van der Waals surface area (Å²) in [6, 6.07) is 3.79. The fraction of sp³-hybridized carbons (Fsp3) is 0.550. The number of alkyl halides is 3. The first-order valence-corrected chi connectivity index (χ1v) is 9.63. The van der Waals surface area contributed by atoms with Crippen molar-refractivity contribution >= 4 is 17.8 Å². The normalized spacial score (nSPS) is 14.9. The van der Waals surface area contributed by atoms with Gasteiger partial charge in [0.1, 0.15) is 6.54 Å². The molecule has 0 unspecified atom stereocenters. The molecule has 1 aromatic carbocycles. The Labute approximate surface area is 167 Å². The topological polar surface area (TPSA) is 75.7 Å². The molecule has 1 aliphatic carbocycles. The first-order valence-electron chi connectivity index (χ1n) is 9.63. The van der Waals surface area contributed by atoms with Gasteiger partial charge < -0.3 is 15.0 Å². The minimum absolute atomic E-state index is 0.0173. The number of ether oxygens (including phenoxy) is 1. The zero-order valence-electron chi connectivity index (χ0n) is 16.3. The van der Waals surface area contributed by atoms with E-state index >= 15 is 0 Å². The molecule has 0 aliphatic heterocycles. The van der Waals surface area contributed by atoms with Crippen LogP contribution in [0.25, 0.3) is 0 Å². The number of esters is 1. The molecule has 160 valence electrons. The van der Waals surface area contributed by atoms with Crippen molar-refractivity contribution in [2.45, 2.75) is 51.2 Å². The summed E-state index contributed by atoms with van der Waals surface area (Å²) in [5, 5.41) is 2.27. The van der Waals surface area contributed by atoms with E-state index in [0.29, 0.717) is 6.54 Å². The molecule has 6 nitrogen and oxygen atoms in total. The van der Waals surface area contributed by atoms with Gasteiger partial charge in [0.05, 0.1) is 5.56 Å². The first kappa shape index (κ1) is 22.7. The molecule has 1 aromatic rings. The number of likely N-dealkylation sites (N-methyl/N-ethyl adjacent to an activating group) is 1. The van der Waals surface area contributed by atoms with Crippen molar-refractivity contribution in [3.05, 3.63) is 35.4 Å². The molecule has 0 aromatic heterocycles. The maximum atomic E-state index is 12.5. The van der Waals surface area contributed by atoms with Crippen LogP contribution in [0.15, 0.2) is 24.3 Å². The Hall–Kier alpha value is -2.58. The van der Waals surface area contributed by atoms with Crippen LogP contribution in [0.1, 0.15) is 54.9 Å². The third kappa shape index (κ3) is 6.76. The number of hydrogen-bond donors (Lipinski definition) is 1. The van der Waals surface area contributed by atoms with Crippen LogP contribution in [0.5, 0.6) is 0 Å². The van der Waals surface area contributed by atoms with Gasteiger partial charge in [0.15, 0.2) is 6.61 Å². The molecule has 0 bridgehead atoms. The molecule has 0 heterocycles. The Morgan fingerprint density at radius 2 is 1.72 bits per heavy atom. The fourth-order valence-corrected chi connectivity index (χ4v) is 3.37. The lowest BCUT2D eigenvalue weighted by molar-refractivity contribution is -0.152. The molecule has 1 N–H and O–H groups in total. The standard InChI is InChI=1S/C20H25F3N2O4/c1-2-25(16-6-4-3-5-7-16)17(26)13-29-18(27)12-24-19(28)14-8-10-15(11-9-14)20(21,22)23/h8-11,16H,2-7,12-13H2,1H3,(H,24,28). The van der Waals surface area contributed by atoms with E-state index in [1.54, 1.807) is 4.90 Å². The summed E-state index contributed by atoms with van der Waals surface area (Å²) < 4.78 is 42.5. The largest absolute Gasteiger partial charge is 0.454 e. The Bertz CT molecular complexity index is 713. The number of hydrogen-bond acceptors (Lipinski definition) is 4. The number of benzene rings is 1. The van der Waals surface area contributed by atoms with Crippen LogP contribution in [-0.2, 0) is 20.5 Å². The number of carbonyl (C=O) groups excluding carboxylic acids is 3. The van der Waals surface area contributed by atoms with Gasteiger partial charge in [0.2, 0.25) is 0 Å². The summed E-state index contributed by atoms with van der Waals surface area (Å²) >= 11 is 0. The van der Waals surface area contributed by atoms with Crippen LogP contribution in [-0.4, -0.2) is 48.4 Å². The summed E-state index contributed by atoms with van der Waals surface area (Å²) in [4.78, 5) is 37.8. The second-order valence-electron chi connectivity index (χ2n) is 6.89. The maximum Gasteiger partial charge on any atom is 0.416 e. The van der Waals surface area contributed by atoms with E-state index in [1.165, 1.54) is 0 Å². The van der Waals surface area contributed by atoms with Crippen LogP contribution in [0, 0.1) is 0 Å². The minimum atomic E-state index is -4.49. The lowest BCUT2D eigenvalue weighted by atomic mass is 9.94. The molecule has 9 heteroatoms. The highest BCUT2D eigenvalue weighted by Gasteiger charge is 2.30. The van der Waals surface area contributed by atoms with Gasteiger partial charge in [-0.2, -0.15) is 13.2 Å². The van der Waals surface area contributed by atoms with Crippen molar-refractivity contribution in [2.24, 2.45) is 0 Å². The molecular weight excluding hydrogens is 389 g/mol. The lowest BCUT2D eigenvalue weighted by Crippen LogP contribution is -2.43. The Morgan fingerprint density at radius 1 is 1.10 bits per heavy atom. The Kier molecular flexibility index (Phi) is 8.04. The van der Waals surface area contributed by atoms with E-state index in [4.69, 9.17) is 4.74 Å². The van der Waals surface area contributed by atoms with Crippen molar-refractivity contribution in [3.63, 3.8) is 0 Å². The molecule has 1 aliphatic rings. The number of nitrogens with zero attached hydrogens (tertiary/aromatic N) is 1. The van der Waals surface area contributed by atoms with E-state index in [9.17, 15) is 27.6 Å². The summed E-state index contributed by atoms with van der Waals surface area (Å²) in [6.07, 6.45) is 0.701. The molecule has 1 saturated carbocycles. The van der Waals surface area contributed by atoms with Gasteiger partial charge in [-0.05, 0) is 44.0 Å². The van der Waals surface area contributed by atoms with Gasteiger partial charge in [-0.15, -0.1) is 0 Å². The quantitative estimate of drug-likeness (QED) is 0.696. The molecule has 0 radical (unpaired) electrons. The monoisotopic (exact) mass is 414 g/mol. The van der Waals surface area contributed by atoms with Gasteiger partial charge in [0, 0.05) is 18.2 Å². The van der Waals surface area contributed by atoms with Gasteiger partial charge in [-0.3, -0.25) is 14.4 Å². The third-order valence-electron chi connectivity index (χ3n) is 4.90. The molecular formula is C20H25F3N2O4. The number of rotatable bonds is 7. The summed E-state index contributed by atoms with van der Waals surface area (Å²) in [5.41, 5.74) is -0.887. The maximum absolute atomic E-state index is 12.5. The fourth-order valence-electron chi connectivity index (χ4n) is 3.37. The van der Waals surface area contributed by atoms with Crippen molar-refractivity contribution in [3.8, 4) is 0 Å². The summed E-state index contributed by atoms with van der Waals surface area (Å²) in [6.45, 7) is 1.52. The molecule has 0 saturated heterocycles. The predicted octanol–water partition coefficient (Wildman–Crippen LogP) is 3.16. The van der Waals surface area contributed by atoms with Crippen LogP contribution in [0.2, 0.25) is 0 Å². The number of amides is 2. The van der Waals surface area contributed by atoms with Crippen LogP contribution >= 0.6 is 0 Å². The smallest absolute Gasteiger partial charge is 0.416 e. The van der Waals surface area contributed by atoms with Crippen LogP contribution < -0.4 is 5.32 Å². The van der Waals surface area contributed by atoms with E-state index in [0.717, 1.165) is 56.4 Å². The van der Waals surface area contributed by atoms with Gasteiger partial charge in [0.25, 0.3) is 11.8 Å². The molecule has 0 spiro atoms. The highest BCUT2D eigenvalue weighted by atomic mass is 19.4. The second-order valence-corrected chi connectivity index (χ2v) is 6.89. The van der Waals surface area contributed by atoms with Crippen molar-refractivity contribution < 1.29 is 32.3 Å². The highest BCUT2D eigenvalue weighted by Crippen LogP contribution is 2.29. The molecule has 2 rings (SSSR count). The summed E-state index contributed by atoms with van der Waals surface area (Å²) in [5.74, 6) is -1.78. The SMILES string of the molecule is CCN(C(=O)COC(=O)CNC(=O)c1ccc(C(F)(F)F)cc1)C1CCCCC1. The lowest BCUT2D eigenvalue weighted by Gasteiger charge is -2.33. The van der Waals surface area contributed by atoms with Gasteiger partial charge in [-0.1, -0.05) is 19.3 Å². The van der Waals surface area contributed by atoms with E-state index in [1.807, 2.05) is 6.92 Å². The predicted molar refractivity (Wildman–Crippen MR) is 99.0 cm³/mol. The Balaban J connectivity index is 1.77. The average Bonchev–Trinajstić information content (AvgIpc) is 2.71. The van der Waals surface area contributed by atoms with Crippen LogP contribution in [0.4, 0.5) is 13.2 Å². The number of halogens is 3. The van der Waals surface area contributed by atoms with E-state index < -0.39 is 36.8 Å².